The zero-order valence-corrected chi connectivity index (χ0v) is 37.0. The molecule has 0 aliphatic heterocycles. The lowest BCUT2D eigenvalue weighted by molar-refractivity contribution is 0.669. The van der Waals surface area contributed by atoms with Crippen LogP contribution in [0.4, 0.5) is 0 Å². The fourth-order valence-electron chi connectivity index (χ4n) is 10.3. The van der Waals surface area contributed by atoms with Crippen LogP contribution in [0.2, 0.25) is 0 Å². The monoisotopic (exact) mass is 882 g/mol. The topological polar surface area (TPSA) is 69.9 Å². The number of hydrogen-bond acceptors (Lipinski definition) is 5. The second kappa shape index (κ2) is 15.6. The molecular weight excluding hydrogens is 845 g/mol. The Morgan fingerprint density at radius 1 is 0.275 bits per heavy atom. The van der Waals surface area contributed by atoms with Crippen LogP contribution in [0, 0.1) is 0 Å². The molecule has 4 heterocycles. The van der Waals surface area contributed by atoms with E-state index in [0.717, 1.165) is 111 Å². The molecule has 0 saturated carbocycles. The van der Waals surface area contributed by atoms with Gasteiger partial charge in [-0.1, -0.05) is 164 Å². The first-order valence-electron chi connectivity index (χ1n) is 23.2. The van der Waals surface area contributed by atoms with Crippen molar-refractivity contribution >= 4 is 65.7 Å². The average molecular weight is 883 g/mol. The molecule has 0 amide bonds. The summed E-state index contributed by atoms with van der Waals surface area (Å²) in [7, 11) is 0. The van der Waals surface area contributed by atoms with Crippen molar-refractivity contribution in [1.29, 1.82) is 0 Å². The van der Waals surface area contributed by atoms with Crippen molar-refractivity contribution in [3.63, 3.8) is 0 Å². The van der Waals surface area contributed by atoms with Gasteiger partial charge in [0.25, 0.3) is 0 Å². The lowest BCUT2D eigenvalue weighted by Crippen LogP contribution is -2.00. The molecule has 0 atom stereocenters. The normalized spacial score (nSPS) is 11.8. The maximum Gasteiger partial charge on any atom is 0.164 e. The van der Waals surface area contributed by atoms with Gasteiger partial charge in [-0.2, -0.15) is 0 Å². The van der Waals surface area contributed by atoms with E-state index in [1.54, 1.807) is 0 Å². The smallest absolute Gasteiger partial charge is 0.164 e. The Morgan fingerprint density at radius 3 is 1.35 bits per heavy atom. The summed E-state index contributed by atoms with van der Waals surface area (Å²) in [5, 5.41) is 6.47. The van der Waals surface area contributed by atoms with E-state index in [1.165, 1.54) is 10.8 Å². The fourth-order valence-corrected chi connectivity index (χ4v) is 10.3. The molecule has 14 rings (SSSR count). The van der Waals surface area contributed by atoms with E-state index in [0.29, 0.717) is 17.5 Å². The molecule has 0 N–H and O–H groups in total. The molecule has 0 fully saturated rings. The van der Waals surface area contributed by atoms with E-state index in [1.807, 2.05) is 24.3 Å². The summed E-state index contributed by atoms with van der Waals surface area (Å²) in [6.45, 7) is 0. The molecule has 0 spiro atoms. The Hall–Kier alpha value is -9.39. The van der Waals surface area contributed by atoms with Gasteiger partial charge in [-0.3, -0.25) is 0 Å². The van der Waals surface area contributed by atoms with Crippen LogP contribution in [-0.2, 0) is 0 Å². The highest BCUT2D eigenvalue weighted by atomic mass is 16.3. The molecule has 0 radical (unpaired) electrons. The minimum atomic E-state index is 0.560. The molecule has 0 aliphatic carbocycles. The Morgan fingerprint density at radius 2 is 0.739 bits per heavy atom. The molecule has 0 saturated heterocycles. The zero-order chi connectivity index (χ0) is 45.4. The summed E-state index contributed by atoms with van der Waals surface area (Å²) in [6, 6.07) is 80.3. The number of hydrogen-bond donors (Lipinski definition) is 0. The average Bonchev–Trinajstić information content (AvgIpc) is 4.10. The molecule has 14 aromatic rings. The zero-order valence-electron chi connectivity index (χ0n) is 37.0. The van der Waals surface area contributed by atoms with Gasteiger partial charge in [-0.05, 0) is 100 Å². The molecule has 69 heavy (non-hydrogen) atoms. The summed E-state index contributed by atoms with van der Waals surface area (Å²) in [4.78, 5) is 15.8. The van der Waals surface area contributed by atoms with Gasteiger partial charge in [0.1, 0.15) is 22.3 Å². The first-order valence-corrected chi connectivity index (χ1v) is 23.2. The third kappa shape index (κ3) is 6.45. The number of furan rings is 2. The number of nitrogens with zero attached hydrogens (tertiary/aromatic N) is 4. The van der Waals surface area contributed by atoms with Crippen LogP contribution in [0.5, 0.6) is 0 Å². The molecule has 6 nitrogen and oxygen atoms in total. The van der Waals surface area contributed by atoms with Gasteiger partial charge in [0.2, 0.25) is 0 Å². The van der Waals surface area contributed by atoms with Crippen molar-refractivity contribution in [3.8, 4) is 73.2 Å². The standard InChI is InChI=1S/C63H38N4O2/c1-3-15-39(16-4-1)41-19-11-21-44(35-41)61-64-62(45-22-12-20-42(36-45)40-17-5-2-6-18-40)66-63(65-61)50-26-14-30-58-60(50)51-37-43(31-33-55(51)68-58)47-25-13-29-57-59(47)52-38-46(32-34-56(52)69-57)67-53-27-9-7-23-48(53)49-24-8-10-28-54(49)67/h1-38H. The lowest BCUT2D eigenvalue weighted by atomic mass is 9.97. The lowest BCUT2D eigenvalue weighted by Gasteiger charge is -2.11. The Bertz CT molecular complexity index is 4160. The Kier molecular flexibility index (Phi) is 8.79. The molecule has 0 bridgehead atoms. The molecular formula is C63H38N4O2. The minimum absolute atomic E-state index is 0.560. The van der Waals surface area contributed by atoms with Crippen molar-refractivity contribution < 1.29 is 8.83 Å². The number of rotatable bonds is 7. The van der Waals surface area contributed by atoms with Gasteiger partial charge in [-0.15, -0.1) is 0 Å². The third-order valence-electron chi connectivity index (χ3n) is 13.5. The highest BCUT2D eigenvalue weighted by Gasteiger charge is 2.21. The molecule has 4 aromatic heterocycles. The van der Waals surface area contributed by atoms with Crippen LogP contribution in [0.3, 0.4) is 0 Å². The number of aromatic nitrogens is 4. The van der Waals surface area contributed by atoms with E-state index in [4.69, 9.17) is 23.8 Å². The predicted molar refractivity (Wildman–Crippen MR) is 281 cm³/mol. The second-order valence-corrected chi connectivity index (χ2v) is 17.5. The summed E-state index contributed by atoms with van der Waals surface area (Å²) >= 11 is 0. The van der Waals surface area contributed by atoms with Crippen molar-refractivity contribution in [2.75, 3.05) is 0 Å². The molecule has 322 valence electrons. The minimum Gasteiger partial charge on any atom is -0.456 e. The Balaban J connectivity index is 0.947. The summed E-state index contributed by atoms with van der Waals surface area (Å²) in [5.41, 5.74) is 15.8. The van der Waals surface area contributed by atoms with E-state index >= 15 is 0 Å². The van der Waals surface area contributed by atoms with Gasteiger partial charge < -0.3 is 13.4 Å². The SMILES string of the molecule is c1ccc(-c2cccc(-c3nc(-c4cccc(-c5ccccc5)c4)nc(-c4cccc5oc6ccc(-c7cccc8oc9ccc(-n%10c%11ccccc%11c%11ccccc%11%10)cc9c78)cc6c45)n3)c2)cc1. The van der Waals surface area contributed by atoms with E-state index in [-0.39, 0.29) is 0 Å². The van der Waals surface area contributed by atoms with Gasteiger partial charge >= 0.3 is 0 Å². The van der Waals surface area contributed by atoms with Crippen LogP contribution in [0.25, 0.3) is 139 Å². The molecule has 0 unspecified atom stereocenters. The van der Waals surface area contributed by atoms with E-state index in [2.05, 4.69) is 211 Å². The first-order chi connectivity index (χ1) is 34.2. The van der Waals surface area contributed by atoms with Crippen LogP contribution in [0.1, 0.15) is 0 Å². The summed E-state index contributed by atoms with van der Waals surface area (Å²) < 4.78 is 15.6. The highest BCUT2D eigenvalue weighted by Crippen LogP contribution is 2.43. The number of benzene rings is 10. The van der Waals surface area contributed by atoms with Gasteiger partial charge in [0.15, 0.2) is 17.5 Å². The Labute approximate surface area is 396 Å². The van der Waals surface area contributed by atoms with Crippen molar-refractivity contribution in [2.45, 2.75) is 0 Å². The quantitative estimate of drug-likeness (QED) is 0.159. The second-order valence-electron chi connectivity index (χ2n) is 17.5. The van der Waals surface area contributed by atoms with Crippen molar-refractivity contribution in [2.24, 2.45) is 0 Å². The van der Waals surface area contributed by atoms with Crippen LogP contribution < -0.4 is 0 Å². The number of fused-ring (bicyclic) bond motifs is 9. The molecule has 0 aliphatic rings. The van der Waals surface area contributed by atoms with Crippen LogP contribution in [0.15, 0.2) is 239 Å². The maximum atomic E-state index is 6.64. The maximum absolute atomic E-state index is 6.64. The van der Waals surface area contributed by atoms with Gasteiger partial charge in [0, 0.05) is 54.7 Å². The third-order valence-corrected chi connectivity index (χ3v) is 13.5. The molecule has 10 aromatic carbocycles. The van der Waals surface area contributed by atoms with Crippen molar-refractivity contribution in [1.82, 2.24) is 19.5 Å². The predicted octanol–water partition coefficient (Wildman–Crippen LogP) is 16.8. The van der Waals surface area contributed by atoms with E-state index in [9.17, 15) is 0 Å². The van der Waals surface area contributed by atoms with Crippen LogP contribution >= 0.6 is 0 Å². The van der Waals surface area contributed by atoms with Gasteiger partial charge in [0.05, 0.1) is 11.0 Å². The largest absolute Gasteiger partial charge is 0.456 e. The van der Waals surface area contributed by atoms with Crippen molar-refractivity contribution in [3.05, 3.63) is 231 Å². The summed E-state index contributed by atoms with van der Waals surface area (Å²) in [5.74, 6) is 1.73. The summed E-state index contributed by atoms with van der Waals surface area (Å²) in [6.07, 6.45) is 0. The van der Waals surface area contributed by atoms with E-state index < -0.39 is 0 Å². The fraction of sp³-hybridized carbons (Fsp3) is 0. The van der Waals surface area contributed by atoms with Crippen LogP contribution in [-0.4, -0.2) is 19.5 Å². The highest BCUT2D eigenvalue weighted by molar-refractivity contribution is 6.17. The molecule has 6 heteroatoms. The first kappa shape index (κ1) is 38.8. The number of para-hydroxylation sites is 2. The van der Waals surface area contributed by atoms with Gasteiger partial charge in [-0.25, -0.2) is 15.0 Å².